The van der Waals surface area contributed by atoms with E-state index in [0.29, 0.717) is 32.0 Å². The van der Waals surface area contributed by atoms with E-state index in [4.69, 9.17) is 4.74 Å². The van der Waals surface area contributed by atoms with E-state index in [9.17, 15) is 9.59 Å². The van der Waals surface area contributed by atoms with Crippen molar-refractivity contribution in [3.63, 3.8) is 0 Å². The SMILES string of the molecule is CCCCOC(=O)CNCCC(=O)NCC(C)C. The van der Waals surface area contributed by atoms with Crippen LogP contribution in [0.4, 0.5) is 0 Å². The summed E-state index contributed by atoms with van der Waals surface area (Å²) in [5, 5.41) is 5.71. The summed E-state index contributed by atoms with van der Waals surface area (Å²) in [6.45, 7) is 7.97. The number of unbranched alkanes of at least 4 members (excludes halogenated alkanes) is 1. The van der Waals surface area contributed by atoms with Gasteiger partial charge in [-0.3, -0.25) is 9.59 Å². The maximum absolute atomic E-state index is 11.3. The normalized spacial score (nSPS) is 10.4. The van der Waals surface area contributed by atoms with E-state index in [1.165, 1.54) is 0 Å². The third-order valence-electron chi connectivity index (χ3n) is 2.27. The number of hydrogen-bond acceptors (Lipinski definition) is 4. The van der Waals surface area contributed by atoms with Crippen LogP contribution in [0.2, 0.25) is 0 Å². The molecule has 0 aromatic carbocycles. The van der Waals surface area contributed by atoms with Crippen LogP contribution in [0.3, 0.4) is 0 Å². The molecule has 1 amide bonds. The van der Waals surface area contributed by atoms with Crippen molar-refractivity contribution in [3.05, 3.63) is 0 Å². The molecule has 0 aliphatic carbocycles. The van der Waals surface area contributed by atoms with E-state index in [-0.39, 0.29) is 18.4 Å². The summed E-state index contributed by atoms with van der Waals surface area (Å²) in [5.74, 6) is 0.206. The quantitative estimate of drug-likeness (QED) is 0.454. The van der Waals surface area contributed by atoms with Crippen LogP contribution in [0, 0.1) is 5.92 Å². The molecule has 0 fully saturated rings. The highest BCUT2D eigenvalue weighted by molar-refractivity contribution is 5.76. The van der Waals surface area contributed by atoms with Crippen molar-refractivity contribution < 1.29 is 14.3 Å². The van der Waals surface area contributed by atoms with Crippen molar-refractivity contribution in [3.8, 4) is 0 Å². The lowest BCUT2D eigenvalue weighted by atomic mass is 10.2. The van der Waals surface area contributed by atoms with Crippen molar-refractivity contribution in [2.75, 3.05) is 26.2 Å². The van der Waals surface area contributed by atoms with Crippen molar-refractivity contribution in [2.24, 2.45) is 5.92 Å². The number of carbonyl (C=O) groups is 2. The minimum absolute atomic E-state index is 0.00977. The second-order valence-corrected chi connectivity index (χ2v) is 4.70. The Hall–Kier alpha value is -1.10. The van der Waals surface area contributed by atoms with Crippen molar-refractivity contribution in [1.82, 2.24) is 10.6 Å². The maximum atomic E-state index is 11.3. The molecule has 0 unspecified atom stereocenters. The van der Waals surface area contributed by atoms with Gasteiger partial charge in [0, 0.05) is 19.5 Å². The predicted molar refractivity (Wildman–Crippen MR) is 71.2 cm³/mol. The first-order valence-corrected chi connectivity index (χ1v) is 6.69. The first-order chi connectivity index (χ1) is 8.56. The van der Waals surface area contributed by atoms with Gasteiger partial charge >= 0.3 is 5.97 Å². The lowest BCUT2D eigenvalue weighted by molar-refractivity contribution is -0.142. The van der Waals surface area contributed by atoms with Crippen LogP contribution in [-0.4, -0.2) is 38.1 Å². The molecule has 0 aliphatic rings. The van der Waals surface area contributed by atoms with Gasteiger partial charge in [-0.2, -0.15) is 0 Å². The lowest BCUT2D eigenvalue weighted by Gasteiger charge is -2.08. The smallest absolute Gasteiger partial charge is 0.319 e. The topological polar surface area (TPSA) is 67.4 Å². The fraction of sp³-hybridized carbons (Fsp3) is 0.846. The van der Waals surface area contributed by atoms with Crippen LogP contribution in [0.1, 0.15) is 40.0 Å². The zero-order valence-electron chi connectivity index (χ0n) is 11.8. The van der Waals surface area contributed by atoms with Gasteiger partial charge in [0.15, 0.2) is 0 Å². The van der Waals surface area contributed by atoms with Crippen LogP contribution in [-0.2, 0) is 14.3 Å². The molecule has 106 valence electrons. The average molecular weight is 258 g/mol. The summed E-state index contributed by atoms with van der Waals surface area (Å²) in [7, 11) is 0. The Labute approximate surface area is 110 Å². The van der Waals surface area contributed by atoms with Crippen LogP contribution >= 0.6 is 0 Å². The van der Waals surface area contributed by atoms with Crippen LogP contribution in [0.15, 0.2) is 0 Å². The summed E-state index contributed by atoms with van der Waals surface area (Å²) < 4.78 is 4.97. The average Bonchev–Trinajstić information content (AvgIpc) is 2.32. The third-order valence-corrected chi connectivity index (χ3v) is 2.27. The Morgan fingerprint density at radius 2 is 2.00 bits per heavy atom. The summed E-state index contributed by atoms with van der Waals surface area (Å²) in [6.07, 6.45) is 2.29. The van der Waals surface area contributed by atoms with E-state index in [1.54, 1.807) is 0 Å². The molecular weight excluding hydrogens is 232 g/mol. The molecule has 0 radical (unpaired) electrons. The number of hydrogen-bond donors (Lipinski definition) is 2. The molecule has 0 bridgehead atoms. The first-order valence-electron chi connectivity index (χ1n) is 6.69. The van der Waals surface area contributed by atoms with Gasteiger partial charge in [-0.15, -0.1) is 0 Å². The Bertz CT molecular complexity index is 242. The van der Waals surface area contributed by atoms with Crippen molar-refractivity contribution >= 4 is 11.9 Å². The van der Waals surface area contributed by atoms with E-state index >= 15 is 0 Å². The van der Waals surface area contributed by atoms with Gasteiger partial charge in [-0.25, -0.2) is 0 Å². The van der Waals surface area contributed by atoms with Gasteiger partial charge in [0.2, 0.25) is 5.91 Å². The molecule has 0 aromatic heterocycles. The van der Waals surface area contributed by atoms with Gasteiger partial charge in [0.25, 0.3) is 0 Å². The molecule has 0 atom stereocenters. The van der Waals surface area contributed by atoms with Gasteiger partial charge in [-0.1, -0.05) is 27.2 Å². The van der Waals surface area contributed by atoms with Crippen LogP contribution in [0.25, 0.3) is 0 Å². The highest BCUT2D eigenvalue weighted by Crippen LogP contribution is 1.89. The number of amides is 1. The second kappa shape index (κ2) is 11.0. The third kappa shape index (κ3) is 11.4. The van der Waals surface area contributed by atoms with Crippen molar-refractivity contribution in [2.45, 2.75) is 40.0 Å². The largest absolute Gasteiger partial charge is 0.465 e. The van der Waals surface area contributed by atoms with Crippen LogP contribution < -0.4 is 10.6 Å². The van der Waals surface area contributed by atoms with Gasteiger partial charge in [-0.05, 0) is 12.3 Å². The molecule has 0 aliphatic heterocycles. The van der Waals surface area contributed by atoms with Crippen LogP contribution in [0.5, 0.6) is 0 Å². The molecule has 0 saturated carbocycles. The highest BCUT2D eigenvalue weighted by Gasteiger charge is 2.04. The Morgan fingerprint density at radius 1 is 1.28 bits per heavy atom. The van der Waals surface area contributed by atoms with Gasteiger partial charge in [0.1, 0.15) is 0 Å². The van der Waals surface area contributed by atoms with Crippen molar-refractivity contribution in [1.29, 1.82) is 0 Å². The fourth-order valence-electron chi connectivity index (χ4n) is 1.18. The zero-order valence-corrected chi connectivity index (χ0v) is 11.8. The summed E-state index contributed by atoms with van der Waals surface area (Å²) in [6, 6.07) is 0. The standard InChI is InChI=1S/C13H26N2O3/c1-4-5-8-18-13(17)10-14-7-6-12(16)15-9-11(2)3/h11,14H,4-10H2,1-3H3,(H,15,16). The predicted octanol–water partition coefficient (Wildman–Crippen LogP) is 1.08. The highest BCUT2D eigenvalue weighted by atomic mass is 16.5. The molecule has 0 rings (SSSR count). The molecular formula is C13H26N2O3. The number of ether oxygens (including phenoxy) is 1. The minimum atomic E-state index is -0.258. The molecule has 18 heavy (non-hydrogen) atoms. The molecule has 0 heterocycles. The van der Waals surface area contributed by atoms with E-state index < -0.39 is 0 Å². The molecule has 0 aromatic rings. The maximum Gasteiger partial charge on any atom is 0.319 e. The summed E-state index contributed by atoms with van der Waals surface area (Å²) >= 11 is 0. The molecule has 5 heteroatoms. The number of nitrogens with one attached hydrogen (secondary N) is 2. The summed E-state index contributed by atoms with van der Waals surface area (Å²) in [4.78, 5) is 22.5. The zero-order chi connectivity index (χ0) is 13.8. The van der Waals surface area contributed by atoms with Gasteiger partial charge < -0.3 is 15.4 Å². The first kappa shape index (κ1) is 16.9. The molecule has 5 nitrogen and oxygen atoms in total. The number of carbonyl (C=O) groups excluding carboxylic acids is 2. The van der Waals surface area contributed by atoms with Gasteiger partial charge in [0.05, 0.1) is 13.2 Å². The minimum Gasteiger partial charge on any atom is -0.465 e. The fourth-order valence-corrected chi connectivity index (χ4v) is 1.18. The Morgan fingerprint density at radius 3 is 2.61 bits per heavy atom. The van der Waals surface area contributed by atoms with E-state index in [1.807, 2.05) is 20.8 Å². The Balaban J connectivity index is 3.38. The molecule has 0 saturated heterocycles. The number of esters is 1. The number of rotatable bonds is 10. The lowest BCUT2D eigenvalue weighted by Crippen LogP contribution is -2.32. The molecule has 2 N–H and O–H groups in total. The van der Waals surface area contributed by atoms with E-state index in [2.05, 4.69) is 10.6 Å². The summed E-state index contributed by atoms with van der Waals surface area (Å²) in [5.41, 5.74) is 0. The Kier molecular flexibility index (Phi) is 10.3. The monoisotopic (exact) mass is 258 g/mol. The molecule has 0 spiro atoms. The van der Waals surface area contributed by atoms with E-state index in [0.717, 1.165) is 12.8 Å². The second-order valence-electron chi connectivity index (χ2n) is 4.70.